The Bertz CT molecular complexity index is 1100. The zero-order valence-electron chi connectivity index (χ0n) is 16.0. The molecule has 3 aromatic rings. The molecule has 7 heteroatoms. The van der Waals surface area contributed by atoms with Crippen LogP contribution in [0.5, 0.6) is 0 Å². The molecule has 2 aromatic carbocycles. The maximum atomic E-state index is 13.0. The fraction of sp³-hybridized carbons (Fsp3) is 0.318. The van der Waals surface area contributed by atoms with Gasteiger partial charge in [0.25, 0.3) is 5.91 Å². The van der Waals surface area contributed by atoms with E-state index in [0.29, 0.717) is 29.0 Å². The summed E-state index contributed by atoms with van der Waals surface area (Å²) in [5.74, 6) is 0.743. The third-order valence-corrected chi connectivity index (χ3v) is 6.71. The number of aromatic nitrogens is 2. The van der Waals surface area contributed by atoms with E-state index in [4.69, 9.17) is 4.98 Å². The fourth-order valence-corrected chi connectivity index (χ4v) is 5.03. The second-order valence-corrected chi connectivity index (χ2v) is 8.61. The van der Waals surface area contributed by atoms with Crippen LogP contribution in [0.15, 0.2) is 47.4 Å². The van der Waals surface area contributed by atoms with Crippen LogP contribution in [0.1, 0.15) is 48.5 Å². The van der Waals surface area contributed by atoms with E-state index in [-0.39, 0.29) is 11.8 Å². The van der Waals surface area contributed by atoms with E-state index < -0.39 is 0 Å². The number of carbonyl (C=O) groups excluding carboxylic acids is 2. The Kier molecular flexibility index (Phi) is 4.75. The van der Waals surface area contributed by atoms with Gasteiger partial charge < -0.3 is 9.88 Å². The van der Waals surface area contributed by atoms with Crippen molar-refractivity contribution in [2.45, 2.75) is 43.0 Å². The molecule has 0 atom stereocenters. The van der Waals surface area contributed by atoms with Crippen molar-refractivity contribution in [1.29, 1.82) is 0 Å². The van der Waals surface area contributed by atoms with Gasteiger partial charge in [0.15, 0.2) is 0 Å². The number of nitrogens with one attached hydrogen (secondary N) is 2. The normalized spacial score (nSPS) is 17.0. The van der Waals surface area contributed by atoms with Gasteiger partial charge in [-0.1, -0.05) is 31.4 Å². The van der Waals surface area contributed by atoms with Gasteiger partial charge in [-0.05, 0) is 43.2 Å². The van der Waals surface area contributed by atoms with Gasteiger partial charge in [0, 0.05) is 16.5 Å². The highest BCUT2D eigenvalue weighted by atomic mass is 32.2. The summed E-state index contributed by atoms with van der Waals surface area (Å²) < 4.78 is 2.20. The third kappa shape index (κ3) is 3.51. The van der Waals surface area contributed by atoms with Crippen molar-refractivity contribution in [1.82, 2.24) is 9.55 Å². The minimum atomic E-state index is -0.218. The molecule has 1 aliphatic carbocycles. The number of anilines is 2. The fourth-order valence-electron chi connectivity index (χ4n) is 4.24. The smallest absolute Gasteiger partial charge is 0.258 e. The molecule has 1 fully saturated rings. The van der Waals surface area contributed by atoms with E-state index in [9.17, 15) is 9.59 Å². The first-order valence-corrected chi connectivity index (χ1v) is 11.0. The van der Waals surface area contributed by atoms with Crippen molar-refractivity contribution in [3.05, 3.63) is 48.0 Å². The highest BCUT2D eigenvalue weighted by molar-refractivity contribution is 8.00. The molecule has 0 unspecified atom stereocenters. The van der Waals surface area contributed by atoms with Gasteiger partial charge in [-0.2, -0.15) is 0 Å². The number of rotatable bonds is 3. The Morgan fingerprint density at radius 3 is 2.83 bits per heavy atom. The number of benzene rings is 2. The number of nitrogens with zero attached hydrogens (tertiary/aromatic N) is 2. The molecule has 1 aromatic heterocycles. The van der Waals surface area contributed by atoms with E-state index in [2.05, 4.69) is 21.3 Å². The monoisotopic (exact) mass is 406 g/mol. The molecule has 0 bridgehead atoms. The molecule has 1 aliphatic heterocycles. The Morgan fingerprint density at radius 2 is 1.97 bits per heavy atom. The second kappa shape index (κ2) is 7.55. The summed E-state index contributed by atoms with van der Waals surface area (Å²) in [7, 11) is 0. The molecule has 1 saturated carbocycles. The van der Waals surface area contributed by atoms with Crippen molar-refractivity contribution >= 4 is 46.2 Å². The highest BCUT2D eigenvalue weighted by Crippen LogP contribution is 2.35. The van der Waals surface area contributed by atoms with Gasteiger partial charge in [-0.3, -0.25) is 14.9 Å². The van der Waals surface area contributed by atoms with E-state index >= 15 is 0 Å². The largest absolute Gasteiger partial charge is 0.324 e. The van der Waals surface area contributed by atoms with Crippen molar-refractivity contribution < 1.29 is 9.59 Å². The number of fused-ring (bicyclic) bond motifs is 2. The van der Waals surface area contributed by atoms with E-state index in [0.717, 1.165) is 28.8 Å². The third-order valence-electron chi connectivity index (χ3n) is 5.64. The second-order valence-electron chi connectivity index (χ2n) is 7.59. The molecule has 0 radical (unpaired) electrons. The number of thioether (sulfide) groups is 1. The van der Waals surface area contributed by atoms with Crippen LogP contribution in [0.25, 0.3) is 11.0 Å². The van der Waals surface area contributed by atoms with Gasteiger partial charge in [0.2, 0.25) is 11.9 Å². The molecular formula is C22H22N4O2S. The lowest BCUT2D eigenvalue weighted by Crippen LogP contribution is -2.21. The predicted octanol–water partition coefficient (Wildman–Crippen LogP) is 4.84. The van der Waals surface area contributed by atoms with Crippen LogP contribution in [0.3, 0.4) is 0 Å². The maximum Gasteiger partial charge on any atom is 0.258 e. The topological polar surface area (TPSA) is 76.0 Å². The standard InChI is InChI=1S/C22H22N4O2S/c27-20-13-29-19-11-10-14(12-17(19)23-20)21(28)25-22-24-16-8-4-5-9-18(16)26(22)15-6-2-1-3-7-15/h4-5,8-12,15H,1-3,6-7,13H2,(H,23,27)(H,24,25,28). The summed E-state index contributed by atoms with van der Waals surface area (Å²) in [6, 6.07) is 13.8. The first-order chi connectivity index (χ1) is 14.2. The van der Waals surface area contributed by atoms with Gasteiger partial charge in [0.1, 0.15) is 0 Å². The Labute approximate surface area is 173 Å². The molecule has 2 N–H and O–H groups in total. The zero-order chi connectivity index (χ0) is 19.8. The van der Waals surface area contributed by atoms with E-state index in [1.54, 1.807) is 12.1 Å². The molecule has 29 heavy (non-hydrogen) atoms. The lowest BCUT2D eigenvalue weighted by atomic mass is 9.95. The van der Waals surface area contributed by atoms with Crippen LogP contribution in [0.4, 0.5) is 11.6 Å². The first-order valence-electron chi connectivity index (χ1n) is 10.0. The summed E-state index contributed by atoms with van der Waals surface area (Å²) in [6.07, 6.45) is 5.87. The van der Waals surface area contributed by atoms with Crippen LogP contribution in [0, 0.1) is 0 Å². The Morgan fingerprint density at radius 1 is 1.14 bits per heavy atom. The van der Waals surface area contributed by atoms with Crippen LogP contribution in [-0.4, -0.2) is 27.1 Å². The summed E-state index contributed by atoms with van der Waals surface area (Å²) >= 11 is 1.49. The lowest BCUT2D eigenvalue weighted by molar-refractivity contribution is -0.113. The van der Waals surface area contributed by atoms with E-state index in [1.807, 2.05) is 24.3 Å². The molecule has 148 valence electrons. The van der Waals surface area contributed by atoms with Gasteiger partial charge in [-0.25, -0.2) is 4.98 Å². The van der Waals surface area contributed by atoms with Gasteiger partial charge >= 0.3 is 0 Å². The molecular weight excluding hydrogens is 384 g/mol. The highest BCUT2D eigenvalue weighted by Gasteiger charge is 2.23. The minimum Gasteiger partial charge on any atom is -0.324 e. The molecule has 2 aliphatic rings. The SMILES string of the molecule is O=C1CSc2ccc(C(=O)Nc3nc4ccccc4n3C3CCCCC3)cc2N1. The average Bonchev–Trinajstić information content (AvgIpc) is 3.11. The van der Waals surface area contributed by atoms with Crippen molar-refractivity contribution in [3.63, 3.8) is 0 Å². The van der Waals surface area contributed by atoms with Crippen molar-refractivity contribution in [2.24, 2.45) is 0 Å². The summed E-state index contributed by atoms with van der Waals surface area (Å²) in [5, 5.41) is 5.87. The Hall–Kier alpha value is -2.80. The number of imidazole rings is 1. The molecule has 0 saturated heterocycles. The quantitative estimate of drug-likeness (QED) is 0.653. The van der Waals surface area contributed by atoms with Crippen LogP contribution >= 0.6 is 11.8 Å². The number of amides is 2. The van der Waals surface area contributed by atoms with Gasteiger partial charge in [0.05, 0.1) is 22.5 Å². The lowest BCUT2D eigenvalue weighted by Gasteiger charge is -2.25. The molecule has 6 nitrogen and oxygen atoms in total. The minimum absolute atomic E-state index is 0.0425. The summed E-state index contributed by atoms with van der Waals surface area (Å²) in [6.45, 7) is 0. The number of hydrogen-bond acceptors (Lipinski definition) is 4. The van der Waals surface area contributed by atoms with Crippen molar-refractivity contribution in [2.75, 3.05) is 16.4 Å². The summed E-state index contributed by atoms with van der Waals surface area (Å²) in [4.78, 5) is 30.4. The van der Waals surface area contributed by atoms with E-state index in [1.165, 1.54) is 31.0 Å². The van der Waals surface area contributed by atoms with Crippen LogP contribution < -0.4 is 10.6 Å². The number of para-hydroxylation sites is 2. The predicted molar refractivity (Wildman–Crippen MR) is 116 cm³/mol. The van der Waals surface area contributed by atoms with Crippen LogP contribution in [0.2, 0.25) is 0 Å². The summed E-state index contributed by atoms with van der Waals surface area (Å²) in [5.41, 5.74) is 3.15. The molecule has 2 heterocycles. The first kappa shape index (κ1) is 18.2. The zero-order valence-corrected chi connectivity index (χ0v) is 16.8. The molecule has 0 spiro atoms. The average molecular weight is 407 g/mol. The number of hydrogen-bond donors (Lipinski definition) is 2. The maximum absolute atomic E-state index is 13.0. The molecule has 5 rings (SSSR count). The van der Waals surface area contributed by atoms with Gasteiger partial charge in [-0.15, -0.1) is 11.8 Å². The molecule has 2 amide bonds. The Balaban J connectivity index is 1.48. The van der Waals surface area contributed by atoms with Crippen LogP contribution in [-0.2, 0) is 4.79 Å². The van der Waals surface area contributed by atoms with Crippen molar-refractivity contribution in [3.8, 4) is 0 Å². The number of carbonyl (C=O) groups is 2.